The van der Waals surface area contributed by atoms with Crippen molar-refractivity contribution in [2.24, 2.45) is 11.8 Å². The number of pyridine rings is 1. The Labute approximate surface area is 217 Å². The molecule has 37 heavy (non-hydrogen) atoms. The molecule has 0 aliphatic heterocycles. The second kappa shape index (κ2) is 11.4. The van der Waals surface area contributed by atoms with E-state index in [1.165, 1.54) is 4.68 Å². The maximum Gasteiger partial charge on any atom is 0.410 e. The van der Waals surface area contributed by atoms with E-state index in [1.54, 1.807) is 6.92 Å². The molecule has 1 aliphatic rings. The Morgan fingerprint density at radius 3 is 2.46 bits per heavy atom. The van der Waals surface area contributed by atoms with E-state index in [9.17, 15) is 26.7 Å². The van der Waals surface area contributed by atoms with Crippen LogP contribution in [0.5, 0.6) is 5.75 Å². The molecule has 2 heterocycles. The molecular formula is C24H31ClF5N5O2. The fraction of sp³-hybridized carbons (Fsp3) is 0.625. The molecule has 0 atom stereocenters. The summed E-state index contributed by atoms with van der Waals surface area (Å²) in [6.07, 6.45) is 0.637. The molecule has 0 spiro atoms. The highest BCUT2D eigenvalue weighted by molar-refractivity contribution is 6.36. The van der Waals surface area contributed by atoms with Crippen LogP contribution in [-0.2, 0) is 6.54 Å². The van der Waals surface area contributed by atoms with Gasteiger partial charge in [-0.05, 0) is 45.4 Å². The third kappa shape index (κ3) is 6.82. The van der Waals surface area contributed by atoms with Gasteiger partial charge in [0.15, 0.2) is 5.69 Å². The zero-order valence-corrected chi connectivity index (χ0v) is 21.8. The van der Waals surface area contributed by atoms with E-state index < -0.39 is 30.0 Å². The Bertz CT molecular complexity index is 1100. The maximum absolute atomic E-state index is 13.3. The first-order chi connectivity index (χ1) is 17.2. The van der Waals surface area contributed by atoms with Crippen LogP contribution in [0.3, 0.4) is 0 Å². The van der Waals surface area contributed by atoms with Crippen LogP contribution in [-0.4, -0.2) is 45.5 Å². The molecule has 1 amide bonds. The van der Waals surface area contributed by atoms with Gasteiger partial charge < -0.3 is 15.4 Å². The van der Waals surface area contributed by atoms with Gasteiger partial charge in [-0.2, -0.15) is 27.1 Å². The Morgan fingerprint density at radius 1 is 1.24 bits per heavy atom. The summed E-state index contributed by atoms with van der Waals surface area (Å²) in [5, 5.41) is 9.19. The Hall–Kier alpha value is -2.63. The van der Waals surface area contributed by atoms with Crippen LogP contribution in [0.4, 0.5) is 27.8 Å². The standard InChI is InChI=1S/C24H31ClF5N5O2/c1-5-35-20(18(25)19(34-35)21(36)32-11-14-8-6-13(2)7-9-14)15-12-31-17(10-16(15)37-22(26)27)33-23(3,4)24(28,29)30/h10,12-14,22H,5-9,11H2,1-4H3,(H,31,33)(H,32,36). The van der Waals surface area contributed by atoms with Crippen LogP contribution in [0, 0.1) is 11.8 Å². The van der Waals surface area contributed by atoms with Crippen molar-refractivity contribution in [1.29, 1.82) is 0 Å². The number of nitrogens with one attached hydrogen (secondary N) is 2. The molecule has 2 aromatic heterocycles. The zero-order valence-electron chi connectivity index (χ0n) is 21.1. The van der Waals surface area contributed by atoms with Crippen molar-refractivity contribution >= 4 is 23.3 Å². The minimum Gasteiger partial charge on any atom is -0.434 e. The lowest BCUT2D eigenvalue weighted by atomic mass is 9.83. The maximum atomic E-state index is 13.3. The quantitative estimate of drug-likeness (QED) is 0.346. The fourth-order valence-electron chi connectivity index (χ4n) is 4.19. The molecule has 0 aromatic carbocycles. The van der Waals surface area contributed by atoms with Gasteiger partial charge in [0.2, 0.25) is 0 Å². The van der Waals surface area contributed by atoms with Gasteiger partial charge >= 0.3 is 12.8 Å². The van der Waals surface area contributed by atoms with Gasteiger partial charge in [0, 0.05) is 25.4 Å². The van der Waals surface area contributed by atoms with Crippen molar-refractivity contribution < 1.29 is 31.5 Å². The van der Waals surface area contributed by atoms with Crippen molar-refractivity contribution in [3.63, 3.8) is 0 Å². The summed E-state index contributed by atoms with van der Waals surface area (Å²) in [6.45, 7) is 3.10. The molecule has 1 saturated carbocycles. The molecule has 3 rings (SSSR count). The SMILES string of the molecule is CCn1nc(C(=O)NCC2CCC(C)CC2)c(Cl)c1-c1cnc(NC(C)(C)C(F)(F)F)cc1OC(F)F. The van der Waals surface area contributed by atoms with Gasteiger partial charge in [0.1, 0.15) is 17.1 Å². The molecule has 0 radical (unpaired) electrons. The molecule has 206 valence electrons. The number of aryl methyl sites for hydroxylation is 1. The first kappa shape index (κ1) is 28.9. The number of rotatable bonds is 9. The number of carbonyl (C=O) groups is 1. The normalized spacial score (nSPS) is 18.7. The van der Waals surface area contributed by atoms with E-state index in [2.05, 4.69) is 32.4 Å². The number of carbonyl (C=O) groups excluding carboxylic acids is 1. The number of anilines is 1. The van der Waals surface area contributed by atoms with Gasteiger partial charge in [0.05, 0.1) is 16.3 Å². The first-order valence-corrected chi connectivity index (χ1v) is 12.5. The van der Waals surface area contributed by atoms with Crippen molar-refractivity contribution in [3.8, 4) is 17.0 Å². The van der Waals surface area contributed by atoms with E-state index in [0.717, 1.165) is 51.8 Å². The van der Waals surface area contributed by atoms with Crippen LogP contribution < -0.4 is 15.4 Å². The Morgan fingerprint density at radius 2 is 1.89 bits per heavy atom. The van der Waals surface area contributed by atoms with Crippen LogP contribution in [0.25, 0.3) is 11.3 Å². The molecule has 1 aliphatic carbocycles. The molecule has 1 fully saturated rings. The van der Waals surface area contributed by atoms with E-state index in [1.807, 2.05) is 0 Å². The molecule has 2 aromatic rings. The van der Waals surface area contributed by atoms with E-state index in [0.29, 0.717) is 18.4 Å². The Kier molecular flexibility index (Phi) is 8.92. The topological polar surface area (TPSA) is 81.1 Å². The number of alkyl halides is 5. The van der Waals surface area contributed by atoms with E-state index in [4.69, 9.17) is 11.6 Å². The highest BCUT2D eigenvalue weighted by Gasteiger charge is 2.47. The summed E-state index contributed by atoms with van der Waals surface area (Å²) in [6, 6.07) is 0.933. The van der Waals surface area contributed by atoms with E-state index >= 15 is 0 Å². The summed E-state index contributed by atoms with van der Waals surface area (Å²) in [4.78, 5) is 16.9. The van der Waals surface area contributed by atoms with Gasteiger partial charge in [-0.25, -0.2) is 4.98 Å². The second-order valence-electron chi connectivity index (χ2n) is 9.85. The average molecular weight is 552 g/mol. The minimum atomic E-state index is -4.64. The first-order valence-electron chi connectivity index (χ1n) is 12.1. The molecule has 0 unspecified atom stereocenters. The molecule has 2 N–H and O–H groups in total. The third-order valence-electron chi connectivity index (χ3n) is 6.58. The second-order valence-corrected chi connectivity index (χ2v) is 10.2. The minimum absolute atomic E-state index is 0.0460. The number of amides is 1. The molecule has 0 saturated heterocycles. The third-order valence-corrected chi connectivity index (χ3v) is 6.94. The molecular weight excluding hydrogens is 521 g/mol. The molecule has 7 nitrogen and oxygen atoms in total. The summed E-state index contributed by atoms with van der Waals surface area (Å²) >= 11 is 6.51. The number of hydrogen-bond acceptors (Lipinski definition) is 5. The monoisotopic (exact) mass is 551 g/mol. The summed E-state index contributed by atoms with van der Waals surface area (Å²) < 4.78 is 72.3. The van der Waals surface area contributed by atoms with Crippen molar-refractivity contribution in [2.75, 3.05) is 11.9 Å². The fourth-order valence-corrected chi connectivity index (χ4v) is 4.52. The average Bonchev–Trinajstić information content (AvgIpc) is 3.13. The lowest BCUT2D eigenvalue weighted by Crippen LogP contribution is -2.46. The molecule has 0 bridgehead atoms. The number of halogens is 6. The van der Waals surface area contributed by atoms with Gasteiger partial charge in [-0.1, -0.05) is 31.4 Å². The summed E-state index contributed by atoms with van der Waals surface area (Å²) in [5.74, 6) is -0.288. The zero-order chi connectivity index (χ0) is 27.5. The van der Waals surface area contributed by atoms with Gasteiger partial charge in [0.25, 0.3) is 5.91 Å². The summed E-state index contributed by atoms with van der Waals surface area (Å²) in [7, 11) is 0. The van der Waals surface area contributed by atoms with Crippen molar-refractivity contribution in [1.82, 2.24) is 20.1 Å². The number of nitrogens with zero attached hydrogens (tertiary/aromatic N) is 3. The number of hydrogen-bond donors (Lipinski definition) is 2. The van der Waals surface area contributed by atoms with Gasteiger partial charge in [-0.15, -0.1) is 0 Å². The number of aromatic nitrogens is 3. The smallest absolute Gasteiger partial charge is 0.410 e. The highest BCUT2D eigenvalue weighted by atomic mass is 35.5. The van der Waals surface area contributed by atoms with Crippen LogP contribution in [0.15, 0.2) is 12.3 Å². The highest BCUT2D eigenvalue weighted by Crippen LogP contribution is 2.40. The summed E-state index contributed by atoms with van der Waals surface area (Å²) in [5.41, 5.74) is -2.44. The largest absolute Gasteiger partial charge is 0.434 e. The van der Waals surface area contributed by atoms with Crippen LogP contribution >= 0.6 is 11.6 Å². The van der Waals surface area contributed by atoms with Crippen molar-refractivity contribution in [3.05, 3.63) is 23.0 Å². The Balaban J connectivity index is 1.92. The van der Waals surface area contributed by atoms with E-state index in [-0.39, 0.29) is 34.3 Å². The van der Waals surface area contributed by atoms with Crippen LogP contribution in [0.1, 0.15) is 63.9 Å². The lowest BCUT2D eigenvalue weighted by Gasteiger charge is -2.29. The molecule has 13 heteroatoms. The van der Waals surface area contributed by atoms with Crippen molar-refractivity contribution in [2.45, 2.75) is 78.2 Å². The predicted octanol–water partition coefficient (Wildman–Crippen LogP) is 6.53. The lowest BCUT2D eigenvalue weighted by molar-refractivity contribution is -0.168. The number of ether oxygens (including phenoxy) is 1. The van der Waals surface area contributed by atoms with Crippen LogP contribution in [0.2, 0.25) is 5.02 Å². The predicted molar refractivity (Wildman–Crippen MR) is 130 cm³/mol. The van der Waals surface area contributed by atoms with Gasteiger partial charge in [-0.3, -0.25) is 9.48 Å².